The molecule has 1 aliphatic rings. The molecule has 2 heteroatoms. The van der Waals surface area contributed by atoms with Crippen molar-refractivity contribution in [2.45, 2.75) is 44.9 Å². The van der Waals surface area contributed by atoms with Crippen LogP contribution in [0.2, 0.25) is 0 Å². The zero-order valence-electron chi connectivity index (χ0n) is 9.86. The molecule has 2 nitrogen and oxygen atoms in total. The summed E-state index contributed by atoms with van der Waals surface area (Å²) in [5.41, 5.74) is 0. The summed E-state index contributed by atoms with van der Waals surface area (Å²) < 4.78 is 0. The topological polar surface area (TPSA) is 47.6 Å². The van der Waals surface area contributed by atoms with Crippen LogP contribution in [0.15, 0.2) is 12.7 Å². The minimum atomic E-state index is 0.590. The van der Waals surface area contributed by atoms with E-state index < -0.39 is 0 Å². The maximum absolute atomic E-state index is 8.64. The summed E-state index contributed by atoms with van der Waals surface area (Å²) in [5, 5.41) is 17.2. The maximum Gasteiger partial charge on any atom is 0.0621 e. The molecule has 0 aromatic carbocycles. The molecule has 0 bridgehead atoms. The van der Waals surface area contributed by atoms with Crippen molar-refractivity contribution in [3.63, 3.8) is 0 Å². The van der Waals surface area contributed by atoms with Gasteiger partial charge in [-0.05, 0) is 49.9 Å². The van der Waals surface area contributed by atoms with E-state index in [0.717, 1.165) is 12.8 Å². The lowest BCUT2D eigenvalue weighted by Crippen LogP contribution is -2.23. The van der Waals surface area contributed by atoms with Crippen molar-refractivity contribution in [2.75, 3.05) is 0 Å². The summed E-state index contributed by atoms with van der Waals surface area (Å²) in [6, 6.07) is 4.46. The number of allylic oxidation sites excluding steroid dienone is 1. The normalized spacial score (nSPS) is 29.0. The van der Waals surface area contributed by atoms with Gasteiger partial charge in [0.2, 0.25) is 0 Å². The number of nitriles is 2. The molecule has 0 amide bonds. The molecule has 0 aromatic rings. The van der Waals surface area contributed by atoms with Crippen molar-refractivity contribution in [1.82, 2.24) is 0 Å². The SMILES string of the molecule is C=CC1CCC(CCC#N)CC1CCC#N. The Balaban J connectivity index is 2.45. The van der Waals surface area contributed by atoms with Gasteiger partial charge in [-0.25, -0.2) is 0 Å². The van der Waals surface area contributed by atoms with Gasteiger partial charge in [-0.3, -0.25) is 0 Å². The Hall–Kier alpha value is -1.28. The number of rotatable bonds is 5. The van der Waals surface area contributed by atoms with E-state index in [4.69, 9.17) is 10.5 Å². The van der Waals surface area contributed by atoms with E-state index in [9.17, 15) is 0 Å². The van der Waals surface area contributed by atoms with E-state index in [0.29, 0.717) is 30.6 Å². The van der Waals surface area contributed by atoms with Crippen LogP contribution in [0.25, 0.3) is 0 Å². The molecule has 0 radical (unpaired) electrons. The van der Waals surface area contributed by atoms with Crippen LogP contribution in [0.5, 0.6) is 0 Å². The Morgan fingerprint density at radius 3 is 2.44 bits per heavy atom. The average Bonchev–Trinajstić information content (AvgIpc) is 2.33. The lowest BCUT2D eigenvalue weighted by Gasteiger charge is -2.34. The van der Waals surface area contributed by atoms with Crippen LogP contribution in [-0.2, 0) is 0 Å². The first-order valence-corrected chi connectivity index (χ1v) is 6.18. The molecule has 1 fully saturated rings. The van der Waals surface area contributed by atoms with Crippen molar-refractivity contribution < 1.29 is 0 Å². The van der Waals surface area contributed by atoms with Crippen LogP contribution >= 0.6 is 0 Å². The quantitative estimate of drug-likeness (QED) is 0.656. The molecule has 0 aromatic heterocycles. The lowest BCUT2D eigenvalue weighted by molar-refractivity contribution is 0.197. The summed E-state index contributed by atoms with van der Waals surface area (Å²) in [6.45, 7) is 3.89. The monoisotopic (exact) mass is 216 g/mol. The summed E-state index contributed by atoms with van der Waals surface area (Å²) in [6.07, 6.45) is 9.01. The van der Waals surface area contributed by atoms with E-state index in [1.165, 1.54) is 19.3 Å². The van der Waals surface area contributed by atoms with Gasteiger partial charge in [-0.1, -0.05) is 6.08 Å². The second-order valence-corrected chi connectivity index (χ2v) is 4.73. The highest BCUT2D eigenvalue weighted by atomic mass is 14.3. The van der Waals surface area contributed by atoms with Gasteiger partial charge in [0.25, 0.3) is 0 Å². The molecule has 0 saturated heterocycles. The van der Waals surface area contributed by atoms with Gasteiger partial charge < -0.3 is 0 Å². The van der Waals surface area contributed by atoms with Crippen LogP contribution in [0.4, 0.5) is 0 Å². The molecule has 1 aliphatic carbocycles. The van der Waals surface area contributed by atoms with Gasteiger partial charge in [0.05, 0.1) is 12.1 Å². The second-order valence-electron chi connectivity index (χ2n) is 4.73. The third-order valence-corrected chi connectivity index (χ3v) is 3.74. The summed E-state index contributed by atoms with van der Waals surface area (Å²) in [5.74, 6) is 1.90. The average molecular weight is 216 g/mol. The highest BCUT2D eigenvalue weighted by Gasteiger charge is 2.27. The molecule has 86 valence electrons. The third kappa shape index (κ3) is 3.70. The summed E-state index contributed by atoms with van der Waals surface area (Å²) in [7, 11) is 0. The summed E-state index contributed by atoms with van der Waals surface area (Å²) in [4.78, 5) is 0. The van der Waals surface area contributed by atoms with E-state index in [1.807, 2.05) is 0 Å². The minimum Gasteiger partial charge on any atom is -0.198 e. The first kappa shape index (κ1) is 12.8. The lowest BCUT2D eigenvalue weighted by atomic mass is 9.71. The molecule has 0 heterocycles. The fourth-order valence-electron chi connectivity index (χ4n) is 2.81. The van der Waals surface area contributed by atoms with Crippen LogP contribution in [0.3, 0.4) is 0 Å². The molecular formula is C14H20N2. The fraction of sp³-hybridized carbons (Fsp3) is 0.714. The van der Waals surface area contributed by atoms with Crippen molar-refractivity contribution in [3.05, 3.63) is 12.7 Å². The van der Waals surface area contributed by atoms with Gasteiger partial charge in [0.1, 0.15) is 0 Å². The molecule has 1 rings (SSSR count). The van der Waals surface area contributed by atoms with E-state index >= 15 is 0 Å². The minimum absolute atomic E-state index is 0.590. The molecule has 3 unspecified atom stereocenters. The molecule has 16 heavy (non-hydrogen) atoms. The van der Waals surface area contributed by atoms with Gasteiger partial charge in [-0.2, -0.15) is 10.5 Å². The molecule has 0 N–H and O–H groups in total. The largest absolute Gasteiger partial charge is 0.198 e. The van der Waals surface area contributed by atoms with Crippen LogP contribution in [-0.4, -0.2) is 0 Å². The van der Waals surface area contributed by atoms with Crippen molar-refractivity contribution in [2.24, 2.45) is 17.8 Å². The summed E-state index contributed by atoms with van der Waals surface area (Å²) >= 11 is 0. The van der Waals surface area contributed by atoms with E-state index in [-0.39, 0.29) is 0 Å². The number of hydrogen-bond acceptors (Lipinski definition) is 2. The highest BCUT2D eigenvalue weighted by molar-refractivity contribution is 4.91. The predicted molar refractivity (Wildman–Crippen MR) is 64.2 cm³/mol. The Kier molecular flexibility index (Phi) is 5.65. The first-order valence-electron chi connectivity index (χ1n) is 6.18. The van der Waals surface area contributed by atoms with Gasteiger partial charge in [-0.15, -0.1) is 6.58 Å². The Morgan fingerprint density at radius 2 is 1.81 bits per heavy atom. The number of hydrogen-bond donors (Lipinski definition) is 0. The van der Waals surface area contributed by atoms with E-state index in [2.05, 4.69) is 24.8 Å². The second kappa shape index (κ2) is 7.07. The molecular weight excluding hydrogens is 196 g/mol. The molecule has 1 saturated carbocycles. The van der Waals surface area contributed by atoms with E-state index in [1.54, 1.807) is 0 Å². The Morgan fingerprint density at radius 1 is 1.12 bits per heavy atom. The standard InChI is InChI=1S/C14H20N2/c1-2-13-8-7-12(5-3-9-15)11-14(13)6-4-10-16/h2,12-14H,1,3-8,11H2. The van der Waals surface area contributed by atoms with Crippen LogP contribution < -0.4 is 0 Å². The van der Waals surface area contributed by atoms with Crippen molar-refractivity contribution in [1.29, 1.82) is 10.5 Å². The zero-order valence-corrected chi connectivity index (χ0v) is 9.86. The molecule has 3 atom stereocenters. The predicted octanol–water partition coefficient (Wildman–Crippen LogP) is 3.81. The van der Waals surface area contributed by atoms with Gasteiger partial charge in [0, 0.05) is 12.8 Å². The first-order chi connectivity index (χ1) is 7.81. The fourth-order valence-corrected chi connectivity index (χ4v) is 2.81. The van der Waals surface area contributed by atoms with Crippen LogP contribution in [0.1, 0.15) is 44.9 Å². The smallest absolute Gasteiger partial charge is 0.0621 e. The highest BCUT2D eigenvalue weighted by Crippen LogP contribution is 2.38. The maximum atomic E-state index is 8.64. The van der Waals surface area contributed by atoms with Crippen molar-refractivity contribution in [3.8, 4) is 12.1 Å². The van der Waals surface area contributed by atoms with Crippen LogP contribution in [0, 0.1) is 40.4 Å². The zero-order chi connectivity index (χ0) is 11.8. The van der Waals surface area contributed by atoms with Crippen molar-refractivity contribution >= 4 is 0 Å². The molecule has 0 aliphatic heterocycles. The van der Waals surface area contributed by atoms with Gasteiger partial charge >= 0.3 is 0 Å². The third-order valence-electron chi connectivity index (χ3n) is 3.74. The Bertz CT molecular complexity index is 295. The van der Waals surface area contributed by atoms with Gasteiger partial charge in [0.15, 0.2) is 0 Å². The Labute approximate surface area is 98.6 Å². The molecule has 0 spiro atoms. The number of nitrogens with zero attached hydrogens (tertiary/aromatic N) is 2.